The van der Waals surface area contributed by atoms with E-state index in [0.717, 1.165) is 5.39 Å². The molecule has 0 saturated carbocycles. The van der Waals surface area contributed by atoms with Gasteiger partial charge in [0.1, 0.15) is 5.75 Å². The Hall–Kier alpha value is -2.11. The molecule has 0 saturated heterocycles. The van der Waals surface area contributed by atoms with Crippen molar-refractivity contribution < 1.29 is 19.4 Å². The molecule has 0 aromatic heterocycles. The summed E-state index contributed by atoms with van der Waals surface area (Å²) in [7, 11) is 3.01. The monoisotopic (exact) mass is 289 g/mol. The number of hydrogen-bond donors (Lipinski definition) is 2. The molecule has 0 aliphatic heterocycles. The van der Waals surface area contributed by atoms with Crippen LogP contribution in [0.25, 0.3) is 10.8 Å². The van der Waals surface area contributed by atoms with Crippen LogP contribution in [0.4, 0.5) is 0 Å². The molecule has 2 rings (SSSR count). The van der Waals surface area contributed by atoms with E-state index in [4.69, 9.17) is 9.47 Å². The lowest BCUT2D eigenvalue weighted by Gasteiger charge is -2.22. The van der Waals surface area contributed by atoms with E-state index >= 15 is 0 Å². The van der Waals surface area contributed by atoms with Crippen molar-refractivity contribution in [3.63, 3.8) is 0 Å². The van der Waals surface area contributed by atoms with Crippen molar-refractivity contribution in [1.29, 1.82) is 0 Å². The fourth-order valence-corrected chi connectivity index (χ4v) is 2.30. The Balaban J connectivity index is 2.25. The molecule has 0 bridgehead atoms. The van der Waals surface area contributed by atoms with Gasteiger partial charge in [0, 0.05) is 19.6 Å². The molecule has 5 nitrogen and oxygen atoms in total. The van der Waals surface area contributed by atoms with Gasteiger partial charge in [-0.25, -0.2) is 0 Å². The zero-order valence-electron chi connectivity index (χ0n) is 12.3. The Kier molecular flexibility index (Phi) is 4.77. The number of carbonyl (C=O) groups excluding carboxylic acids is 1. The molecule has 112 valence electrons. The van der Waals surface area contributed by atoms with E-state index in [-0.39, 0.29) is 23.3 Å². The summed E-state index contributed by atoms with van der Waals surface area (Å²) in [5.41, 5.74) is 0.228. The summed E-state index contributed by atoms with van der Waals surface area (Å²) in [6.45, 7) is 1.77. The highest BCUT2D eigenvalue weighted by atomic mass is 16.7. The van der Waals surface area contributed by atoms with Crippen LogP contribution in [0.15, 0.2) is 36.4 Å². The van der Waals surface area contributed by atoms with Gasteiger partial charge >= 0.3 is 0 Å². The Bertz CT molecular complexity index is 637. The van der Waals surface area contributed by atoms with Crippen molar-refractivity contribution in [1.82, 2.24) is 5.32 Å². The molecule has 2 N–H and O–H groups in total. The van der Waals surface area contributed by atoms with Gasteiger partial charge in [0.25, 0.3) is 5.91 Å². The molecule has 0 fully saturated rings. The molecular formula is C16H19NO4. The molecule has 0 aliphatic rings. The normalized spacial score (nSPS) is 12.6. The highest BCUT2D eigenvalue weighted by molar-refractivity contribution is 6.03. The first kappa shape index (κ1) is 15.3. The largest absolute Gasteiger partial charge is 0.506 e. The average molecular weight is 289 g/mol. The van der Waals surface area contributed by atoms with Gasteiger partial charge in [-0.1, -0.05) is 30.3 Å². The Morgan fingerprint density at radius 2 is 1.81 bits per heavy atom. The summed E-state index contributed by atoms with van der Waals surface area (Å²) in [4.78, 5) is 12.3. The number of methoxy groups -OCH3 is 2. The van der Waals surface area contributed by atoms with Gasteiger partial charge in [-0.15, -0.1) is 0 Å². The number of ether oxygens (including phenoxy) is 2. The highest BCUT2D eigenvalue weighted by Crippen LogP contribution is 2.28. The number of carbonyl (C=O) groups is 1. The van der Waals surface area contributed by atoms with Gasteiger partial charge in [-0.2, -0.15) is 0 Å². The third kappa shape index (κ3) is 3.15. The Labute approximate surface area is 123 Å². The van der Waals surface area contributed by atoms with E-state index in [1.54, 1.807) is 25.1 Å². The van der Waals surface area contributed by atoms with Crippen LogP contribution in [0.5, 0.6) is 5.75 Å². The molecule has 0 aliphatic carbocycles. The number of fused-ring (bicyclic) bond motifs is 1. The second-order valence-electron chi connectivity index (χ2n) is 4.78. The number of hydrogen-bond acceptors (Lipinski definition) is 4. The van der Waals surface area contributed by atoms with Crippen LogP contribution in [0, 0.1) is 0 Å². The van der Waals surface area contributed by atoms with Gasteiger partial charge in [-0.05, 0) is 18.4 Å². The minimum atomic E-state index is -0.545. The SMILES string of the molecule is COC(OC)C(C)NC(=O)c1ccc2ccccc2c1O. The van der Waals surface area contributed by atoms with Crippen molar-refractivity contribution in [3.8, 4) is 5.75 Å². The predicted molar refractivity (Wildman–Crippen MR) is 80.3 cm³/mol. The third-order valence-electron chi connectivity index (χ3n) is 3.38. The van der Waals surface area contributed by atoms with Crippen LogP contribution < -0.4 is 5.32 Å². The molecule has 2 aromatic rings. The molecule has 0 heterocycles. The van der Waals surface area contributed by atoms with E-state index in [9.17, 15) is 9.90 Å². The second kappa shape index (κ2) is 6.56. The molecular weight excluding hydrogens is 270 g/mol. The van der Waals surface area contributed by atoms with E-state index in [0.29, 0.717) is 5.39 Å². The standard InChI is InChI=1S/C16H19NO4/c1-10(16(20-2)21-3)17-15(19)13-9-8-11-6-4-5-7-12(11)14(13)18/h4-10,16,18H,1-3H3,(H,17,19). The summed E-state index contributed by atoms with van der Waals surface area (Å²) < 4.78 is 10.2. The number of amides is 1. The lowest BCUT2D eigenvalue weighted by molar-refractivity contribution is -0.117. The highest BCUT2D eigenvalue weighted by Gasteiger charge is 2.21. The maximum atomic E-state index is 12.3. The van der Waals surface area contributed by atoms with Crippen LogP contribution in [-0.2, 0) is 9.47 Å². The first-order valence-electron chi connectivity index (χ1n) is 6.65. The lowest BCUT2D eigenvalue weighted by atomic mass is 10.0. The van der Waals surface area contributed by atoms with Crippen LogP contribution in [0.3, 0.4) is 0 Å². The molecule has 1 unspecified atom stereocenters. The number of nitrogens with one attached hydrogen (secondary N) is 1. The van der Waals surface area contributed by atoms with Gasteiger partial charge in [0.05, 0.1) is 11.6 Å². The molecule has 0 radical (unpaired) electrons. The quantitative estimate of drug-likeness (QED) is 0.829. The summed E-state index contributed by atoms with van der Waals surface area (Å²) in [6, 6.07) is 10.4. The molecule has 21 heavy (non-hydrogen) atoms. The molecule has 1 amide bonds. The average Bonchev–Trinajstić information content (AvgIpc) is 2.49. The van der Waals surface area contributed by atoms with Crippen LogP contribution in [-0.4, -0.2) is 37.6 Å². The second-order valence-corrected chi connectivity index (χ2v) is 4.78. The van der Waals surface area contributed by atoms with Crippen molar-refractivity contribution in [2.45, 2.75) is 19.3 Å². The molecule has 5 heteroatoms. The van der Waals surface area contributed by atoms with E-state index < -0.39 is 6.29 Å². The smallest absolute Gasteiger partial charge is 0.255 e. The van der Waals surface area contributed by atoms with E-state index in [1.807, 2.05) is 18.2 Å². The Morgan fingerprint density at radius 3 is 2.48 bits per heavy atom. The third-order valence-corrected chi connectivity index (χ3v) is 3.38. The summed E-state index contributed by atoms with van der Waals surface area (Å²) in [5.74, 6) is -0.394. The minimum absolute atomic E-state index is 0.0239. The van der Waals surface area contributed by atoms with E-state index in [2.05, 4.69) is 5.32 Å². The predicted octanol–water partition coefficient (Wildman–Crippen LogP) is 2.28. The van der Waals surface area contributed by atoms with Crippen molar-refractivity contribution >= 4 is 16.7 Å². The van der Waals surface area contributed by atoms with Crippen molar-refractivity contribution in [3.05, 3.63) is 42.0 Å². The van der Waals surface area contributed by atoms with Crippen LogP contribution in [0.1, 0.15) is 17.3 Å². The zero-order valence-corrected chi connectivity index (χ0v) is 12.3. The van der Waals surface area contributed by atoms with Crippen LogP contribution >= 0.6 is 0 Å². The number of benzene rings is 2. The Morgan fingerprint density at radius 1 is 1.14 bits per heavy atom. The number of aromatic hydroxyl groups is 1. The summed E-state index contributed by atoms with van der Waals surface area (Å²) in [5, 5.41) is 14.5. The maximum Gasteiger partial charge on any atom is 0.255 e. The zero-order chi connectivity index (χ0) is 15.4. The fourth-order valence-electron chi connectivity index (χ4n) is 2.30. The van der Waals surface area contributed by atoms with Crippen molar-refractivity contribution in [2.24, 2.45) is 0 Å². The topological polar surface area (TPSA) is 67.8 Å². The lowest BCUT2D eigenvalue weighted by Crippen LogP contribution is -2.42. The maximum absolute atomic E-state index is 12.3. The summed E-state index contributed by atoms with van der Waals surface area (Å²) in [6.07, 6.45) is -0.545. The van der Waals surface area contributed by atoms with Gasteiger partial charge in [0.2, 0.25) is 0 Å². The molecule has 2 aromatic carbocycles. The van der Waals surface area contributed by atoms with Gasteiger partial charge in [0.15, 0.2) is 6.29 Å². The minimum Gasteiger partial charge on any atom is -0.506 e. The van der Waals surface area contributed by atoms with Crippen LogP contribution in [0.2, 0.25) is 0 Å². The van der Waals surface area contributed by atoms with Crippen molar-refractivity contribution in [2.75, 3.05) is 14.2 Å². The molecule has 1 atom stereocenters. The number of phenolic OH excluding ortho intramolecular Hbond substituents is 1. The number of rotatable bonds is 5. The number of phenols is 1. The van der Waals surface area contributed by atoms with E-state index in [1.165, 1.54) is 14.2 Å². The van der Waals surface area contributed by atoms with Gasteiger partial charge < -0.3 is 19.9 Å². The molecule has 0 spiro atoms. The van der Waals surface area contributed by atoms with Gasteiger partial charge in [-0.3, -0.25) is 4.79 Å². The fraction of sp³-hybridized carbons (Fsp3) is 0.312. The summed E-state index contributed by atoms with van der Waals surface area (Å²) >= 11 is 0. The first-order valence-corrected chi connectivity index (χ1v) is 6.65. The first-order chi connectivity index (χ1) is 10.1.